The quantitative estimate of drug-likeness (QED) is 0.455. The minimum absolute atomic E-state index is 0.137. The van der Waals surface area contributed by atoms with Gasteiger partial charge in [0.05, 0.1) is 25.3 Å². The summed E-state index contributed by atoms with van der Waals surface area (Å²) < 4.78 is 16.5. The Labute approximate surface area is 199 Å². The third kappa shape index (κ3) is 4.76. The van der Waals surface area contributed by atoms with Gasteiger partial charge in [0, 0.05) is 17.8 Å². The van der Waals surface area contributed by atoms with Crippen LogP contribution >= 0.6 is 0 Å². The summed E-state index contributed by atoms with van der Waals surface area (Å²) in [6, 6.07) is 14.6. The average molecular weight is 463 g/mol. The van der Waals surface area contributed by atoms with Gasteiger partial charge in [-0.05, 0) is 62.2 Å². The van der Waals surface area contributed by atoms with Gasteiger partial charge < -0.3 is 19.3 Å². The van der Waals surface area contributed by atoms with Crippen LogP contribution in [0.2, 0.25) is 0 Å². The van der Waals surface area contributed by atoms with Crippen LogP contribution in [0.1, 0.15) is 51.1 Å². The summed E-state index contributed by atoms with van der Waals surface area (Å²) in [6.45, 7) is 7.20. The predicted molar refractivity (Wildman–Crippen MR) is 129 cm³/mol. The van der Waals surface area contributed by atoms with Gasteiger partial charge in [-0.2, -0.15) is 4.98 Å². The number of nitrogens with zero attached hydrogens (tertiary/aromatic N) is 3. The third-order valence-corrected chi connectivity index (χ3v) is 5.86. The first-order valence-electron chi connectivity index (χ1n) is 11.6. The van der Waals surface area contributed by atoms with E-state index >= 15 is 0 Å². The molecule has 1 atom stereocenters. The Balaban J connectivity index is 1.73. The van der Waals surface area contributed by atoms with E-state index in [9.17, 15) is 4.79 Å². The first-order chi connectivity index (χ1) is 16.5. The second-order valence-electron chi connectivity index (χ2n) is 8.04. The summed E-state index contributed by atoms with van der Waals surface area (Å²) in [4.78, 5) is 19.4. The molecule has 1 aliphatic rings. The maximum Gasteiger partial charge on any atom is 0.322 e. The van der Waals surface area contributed by atoms with E-state index in [1.54, 1.807) is 12.0 Å². The number of benzene rings is 2. The van der Waals surface area contributed by atoms with Crippen molar-refractivity contribution in [1.82, 2.24) is 20.4 Å². The van der Waals surface area contributed by atoms with E-state index in [0.29, 0.717) is 24.9 Å². The molecule has 34 heavy (non-hydrogen) atoms. The van der Waals surface area contributed by atoms with E-state index in [1.807, 2.05) is 62.4 Å². The lowest BCUT2D eigenvalue weighted by Crippen LogP contribution is -2.46. The van der Waals surface area contributed by atoms with Crippen molar-refractivity contribution in [3.8, 4) is 22.9 Å². The SMILES string of the molecule is CCCCN1C(=O)NC(c2ccc(OC)cc2)C(c2nc(-c3ccc(OCC)cc3)no2)=C1C. The number of hydrogen-bond donors (Lipinski definition) is 1. The summed E-state index contributed by atoms with van der Waals surface area (Å²) in [5.74, 6) is 2.38. The van der Waals surface area contributed by atoms with E-state index in [2.05, 4.69) is 17.4 Å². The molecular weight excluding hydrogens is 432 g/mol. The number of hydrogen-bond acceptors (Lipinski definition) is 6. The average Bonchev–Trinajstić information content (AvgIpc) is 3.34. The molecule has 8 nitrogen and oxygen atoms in total. The van der Waals surface area contributed by atoms with Gasteiger partial charge in [-0.15, -0.1) is 0 Å². The second-order valence-corrected chi connectivity index (χ2v) is 8.04. The van der Waals surface area contributed by atoms with Crippen LogP contribution in [0.5, 0.6) is 11.5 Å². The van der Waals surface area contributed by atoms with Crippen LogP contribution in [0.4, 0.5) is 4.79 Å². The fourth-order valence-electron chi connectivity index (χ4n) is 4.01. The Morgan fingerprint density at radius 2 is 1.76 bits per heavy atom. The molecule has 1 unspecified atom stereocenters. The van der Waals surface area contributed by atoms with Crippen molar-refractivity contribution >= 4 is 11.6 Å². The standard InChI is InChI=1S/C26H30N4O4/c1-5-7-16-30-17(3)22(23(27-26(30)31)18-8-12-20(32-4)13-9-18)25-28-24(29-34-25)19-10-14-21(15-11-19)33-6-2/h8-15,23H,5-7,16H2,1-4H3,(H,27,31). The number of urea groups is 1. The van der Waals surface area contributed by atoms with Gasteiger partial charge in [0.1, 0.15) is 11.5 Å². The van der Waals surface area contributed by atoms with Gasteiger partial charge >= 0.3 is 6.03 Å². The van der Waals surface area contributed by atoms with Gasteiger partial charge in [0.2, 0.25) is 5.82 Å². The Morgan fingerprint density at radius 1 is 1.06 bits per heavy atom. The maximum absolute atomic E-state index is 13.0. The second kappa shape index (κ2) is 10.4. The Kier molecular flexibility index (Phi) is 7.15. The summed E-state index contributed by atoms with van der Waals surface area (Å²) in [7, 11) is 1.62. The van der Waals surface area contributed by atoms with E-state index in [0.717, 1.165) is 46.7 Å². The molecule has 1 N–H and O–H groups in total. The van der Waals surface area contributed by atoms with Crippen molar-refractivity contribution in [2.24, 2.45) is 0 Å². The highest BCUT2D eigenvalue weighted by Gasteiger charge is 2.35. The number of nitrogens with one attached hydrogen (secondary N) is 1. The van der Waals surface area contributed by atoms with Gasteiger partial charge in [0.25, 0.3) is 5.89 Å². The molecule has 4 rings (SSSR count). The zero-order valence-electron chi connectivity index (χ0n) is 20.0. The van der Waals surface area contributed by atoms with Crippen LogP contribution in [0.15, 0.2) is 58.8 Å². The summed E-state index contributed by atoms with van der Waals surface area (Å²) in [6.07, 6.45) is 1.88. The number of amides is 2. The number of methoxy groups -OCH3 is 1. The van der Waals surface area contributed by atoms with E-state index in [-0.39, 0.29) is 6.03 Å². The lowest BCUT2D eigenvalue weighted by molar-refractivity contribution is 0.204. The highest BCUT2D eigenvalue weighted by Crippen LogP contribution is 2.38. The highest BCUT2D eigenvalue weighted by atomic mass is 16.5. The minimum atomic E-state index is -0.426. The number of carbonyl (C=O) groups is 1. The van der Waals surface area contributed by atoms with Crippen molar-refractivity contribution in [2.45, 2.75) is 39.7 Å². The molecule has 0 bridgehead atoms. The fourth-order valence-corrected chi connectivity index (χ4v) is 4.01. The van der Waals surface area contributed by atoms with Crippen LogP contribution in [0.25, 0.3) is 17.0 Å². The normalized spacial score (nSPS) is 15.9. The smallest absolute Gasteiger partial charge is 0.322 e. The number of carbonyl (C=O) groups excluding carboxylic acids is 1. The Bertz CT molecular complexity index is 1150. The van der Waals surface area contributed by atoms with Crippen molar-refractivity contribution in [1.29, 1.82) is 0 Å². The van der Waals surface area contributed by atoms with Gasteiger partial charge in [-0.25, -0.2) is 4.79 Å². The molecule has 0 saturated carbocycles. The van der Waals surface area contributed by atoms with Gasteiger partial charge in [-0.1, -0.05) is 30.6 Å². The van der Waals surface area contributed by atoms with Gasteiger partial charge in [0.15, 0.2) is 0 Å². The van der Waals surface area contributed by atoms with Crippen LogP contribution in [0, 0.1) is 0 Å². The molecule has 2 amide bonds. The molecule has 8 heteroatoms. The first kappa shape index (κ1) is 23.4. The number of ether oxygens (including phenoxy) is 2. The topological polar surface area (TPSA) is 89.7 Å². The monoisotopic (exact) mass is 462 g/mol. The van der Waals surface area contributed by atoms with Gasteiger partial charge in [-0.3, -0.25) is 4.90 Å². The van der Waals surface area contributed by atoms with Crippen LogP contribution < -0.4 is 14.8 Å². The van der Waals surface area contributed by atoms with Crippen molar-refractivity contribution in [2.75, 3.05) is 20.3 Å². The number of rotatable bonds is 9. The maximum atomic E-state index is 13.0. The molecule has 178 valence electrons. The van der Waals surface area contributed by atoms with Crippen LogP contribution in [-0.2, 0) is 0 Å². The summed E-state index contributed by atoms with van der Waals surface area (Å²) in [5.41, 5.74) is 3.31. The molecular formula is C26H30N4O4. The molecule has 2 heterocycles. The first-order valence-corrected chi connectivity index (χ1v) is 11.6. The number of aromatic nitrogens is 2. The van der Waals surface area contributed by atoms with Crippen molar-refractivity contribution in [3.63, 3.8) is 0 Å². The Hall–Kier alpha value is -3.81. The Morgan fingerprint density at radius 3 is 2.41 bits per heavy atom. The molecule has 1 aliphatic heterocycles. The van der Waals surface area contributed by atoms with Crippen LogP contribution in [0.3, 0.4) is 0 Å². The molecule has 0 aliphatic carbocycles. The molecule has 1 aromatic heterocycles. The number of unbranched alkanes of at least 4 members (excludes halogenated alkanes) is 1. The lowest BCUT2D eigenvalue weighted by Gasteiger charge is -2.35. The lowest BCUT2D eigenvalue weighted by atomic mass is 9.94. The van der Waals surface area contributed by atoms with E-state index in [1.165, 1.54) is 0 Å². The molecule has 0 radical (unpaired) electrons. The predicted octanol–water partition coefficient (Wildman–Crippen LogP) is 5.44. The van der Waals surface area contributed by atoms with E-state index in [4.69, 9.17) is 19.0 Å². The van der Waals surface area contributed by atoms with Crippen molar-refractivity contribution < 1.29 is 18.8 Å². The molecule has 0 fully saturated rings. The zero-order chi connectivity index (χ0) is 24.1. The molecule has 0 spiro atoms. The summed E-state index contributed by atoms with van der Waals surface area (Å²) in [5, 5.41) is 7.34. The minimum Gasteiger partial charge on any atom is -0.497 e. The number of allylic oxidation sites excluding steroid dienone is 1. The largest absolute Gasteiger partial charge is 0.497 e. The van der Waals surface area contributed by atoms with Crippen LogP contribution in [-0.4, -0.2) is 41.3 Å². The molecule has 2 aromatic carbocycles. The zero-order valence-corrected chi connectivity index (χ0v) is 20.0. The fraction of sp³-hybridized carbons (Fsp3) is 0.346. The summed E-state index contributed by atoms with van der Waals surface area (Å²) >= 11 is 0. The van der Waals surface area contributed by atoms with Crippen molar-refractivity contribution in [3.05, 3.63) is 65.7 Å². The molecule has 3 aromatic rings. The molecule has 0 saturated heterocycles. The highest BCUT2D eigenvalue weighted by molar-refractivity contribution is 5.86. The third-order valence-electron chi connectivity index (χ3n) is 5.86. The van der Waals surface area contributed by atoms with E-state index < -0.39 is 6.04 Å².